The second-order valence-corrected chi connectivity index (χ2v) is 34.4. The van der Waals surface area contributed by atoms with Crippen LogP contribution in [-0.4, -0.2) is 15.8 Å². The fourth-order valence-electron chi connectivity index (χ4n) is 17.9. The molecular formula is C100H93BN4. The summed E-state index contributed by atoms with van der Waals surface area (Å²) in [6, 6.07) is 109. The SMILES string of the molecule is CC(C)(C)c1cccc(-c2cccc(-c3cccc(C(C)(C)C)c3)c2N2c3cc(-n4c5ccccc5c5ccccc54)ccc3B3c4ccc(-n5c6ccccc6c6ccccc65)cc4N(c4c(-c5cccc(C(C)(C)C)c5)cccc4-c4cccc(C(C)(C)C)c4)c4cc(C5CCCCC5)cc2c43)c1. The van der Waals surface area contributed by atoms with Crippen LogP contribution < -0.4 is 26.2 Å². The van der Waals surface area contributed by atoms with E-state index in [9.17, 15) is 0 Å². The molecular weight excluding hydrogens is 1270 g/mol. The molecule has 4 heterocycles. The van der Waals surface area contributed by atoms with Gasteiger partial charge in [0.2, 0.25) is 0 Å². The zero-order chi connectivity index (χ0) is 72.0. The summed E-state index contributed by atoms with van der Waals surface area (Å²) >= 11 is 0. The van der Waals surface area contributed by atoms with Gasteiger partial charge >= 0.3 is 0 Å². The van der Waals surface area contributed by atoms with Crippen LogP contribution in [-0.2, 0) is 21.7 Å². The number of hydrogen-bond donors (Lipinski definition) is 0. The van der Waals surface area contributed by atoms with E-state index in [0.29, 0.717) is 5.92 Å². The van der Waals surface area contributed by atoms with Crippen molar-refractivity contribution in [1.82, 2.24) is 9.13 Å². The number of aromatic nitrogens is 2. The highest BCUT2D eigenvalue weighted by Crippen LogP contribution is 2.55. The van der Waals surface area contributed by atoms with Gasteiger partial charge in [-0.15, -0.1) is 0 Å². The van der Waals surface area contributed by atoms with Crippen LogP contribution in [0.25, 0.3) is 99.5 Å². The third-order valence-electron chi connectivity index (χ3n) is 23.5. The van der Waals surface area contributed by atoms with Crippen molar-refractivity contribution in [2.75, 3.05) is 9.80 Å². The lowest BCUT2D eigenvalue weighted by atomic mass is 9.33. The van der Waals surface area contributed by atoms with Gasteiger partial charge in [-0.25, -0.2) is 0 Å². The Kier molecular flexibility index (Phi) is 15.7. The number of rotatable bonds is 9. The number of para-hydroxylation sites is 6. The van der Waals surface area contributed by atoms with Crippen molar-refractivity contribution in [2.24, 2.45) is 0 Å². The average Bonchev–Trinajstić information content (AvgIpc) is 0.861. The van der Waals surface area contributed by atoms with E-state index in [-0.39, 0.29) is 28.4 Å². The number of nitrogens with zero attached hydrogens (tertiary/aromatic N) is 4. The molecule has 0 spiro atoms. The summed E-state index contributed by atoms with van der Waals surface area (Å²) in [4.78, 5) is 5.60. The summed E-state index contributed by atoms with van der Waals surface area (Å²) in [6.07, 6.45) is 5.92. The van der Waals surface area contributed by atoms with Crippen LogP contribution in [0.15, 0.2) is 279 Å². The van der Waals surface area contributed by atoms with E-state index < -0.39 is 0 Å². The molecule has 0 saturated heterocycles. The van der Waals surface area contributed by atoms with Crippen LogP contribution in [0.4, 0.5) is 34.1 Å². The Morgan fingerprint density at radius 2 is 0.590 bits per heavy atom. The van der Waals surface area contributed by atoms with E-state index in [1.54, 1.807) is 0 Å². The van der Waals surface area contributed by atoms with E-state index in [1.807, 2.05) is 0 Å². The topological polar surface area (TPSA) is 16.3 Å². The zero-order valence-electron chi connectivity index (χ0n) is 63.0. The van der Waals surface area contributed by atoms with Crippen molar-refractivity contribution < 1.29 is 0 Å². The van der Waals surface area contributed by atoms with Crippen molar-refractivity contribution in [3.8, 4) is 55.9 Å². The number of benzene rings is 13. The molecule has 5 heteroatoms. The molecule has 105 heavy (non-hydrogen) atoms. The highest BCUT2D eigenvalue weighted by atomic mass is 15.2. The fourth-order valence-corrected chi connectivity index (χ4v) is 17.9. The first-order chi connectivity index (χ1) is 50.6. The second-order valence-electron chi connectivity index (χ2n) is 34.4. The normalized spacial score (nSPS) is 14.2. The first-order valence-corrected chi connectivity index (χ1v) is 38.4. The largest absolute Gasteiger partial charge is 0.310 e. The lowest BCUT2D eigenvalue weighted by Gasteiger charge is -2.46. The fraction of sp³-hybridized carbons (Fsp3) is 0.220. The van der Waals surface area contributed by atoms with Gasteiger partial charge in [0.15, 0.2) is 0 Å². The molecule has 2 aromatic heterocycles. The molecule has 13 aromatic carbocycles. The van der Waals surface area contributed by atoms with Crippen LogP contribution in [0, 0.1) is 0 Å². The molecule has 516 valence electrons. The zero-order valence-corrected chi connectivity index (χ0v) is 63.0. The Balaban J connectivity index is 1.03. The maximum Gasteiger partial charge on any atom is 0.252 e. The maximum atomic E-state index is 2.80. The lowest BCUT2D eigenvalue weighted by molar-refractivity contribution is 0.444. The first-order valence-electron chi connectivity index (χ1n) is 38.4. The molecule has 15 aromatic rings. The number of hydrogen-bond acceptors (Lipinski definition) is 2. The Labute approximate surface area is 621 Å². The van der Waals surface area contributed by atoms with E-state index in [4.69, 9.17) is 0 Å². The third kappa shape index (κ3) is 11.2. The highest BCUT2D eigenvalue weighted by Gasteiger charge is 2.46. The molecule has 0 bridgehead atoms. The van der Waals surface area contributed by atoms with Crippen molar-refractivity contribution >= 4 is 101 Å². The summed E-state index contributed by atoms with van der Waals surface area (Å²) in [5.74, 6) is 0.335. The molecule has 4 nitrogen and oxygen atoms in total. The van der Waals surface area contributed by atoms with Crippen molar-refractivity contribution in [3.05, 3.63) is 307 Å². The van der Waals surface area contributed by atoms with Gasteiger partial charge < -0.3 is 18.9 Å². The highest BCUT2D eigenvalue weighted by molar-refractivity contribution is 7.00. The molecule has 0 unspecified atom stereocenters. The van der Waals surface area contributed by atoms with Gasteiger partial charge in [-0.3, -0.25) is 0 Å². The molecule has 3 aliphatic rings. The van der Waals surface area contributed by atoms with Crippen molar-refractivity contribution in [1.29, 1.82) is 0 Å². The number of anilines is 6. The standard InChI is InChI=1S/C100H93BN4/c1-97(2,3)70-36-24-32-65(56-70)76-44-28-45-77(66-33-25-37-71(57-66)98(4,5)6)95(76)104-90-62-74(102-86-48-20-16-40-80(86)81-41-17-21-49-87(81)102)52-54-84(90)101-85-55-53-75(103-88-50-22-18-42-82(88)83-43-19-23-51-89(83)103)63-91(85)105(93-61-69(60-92(104)94(93)101)64-30-14-13-15-31-64)96-78(67-34-26-38-72(58-67)99(7,8)9)46-29-47-79(96)68-35-27-39-73(59-68)100(10,11)12/h16-29,32-64H,13-15,30-31H2,1-12H3. The molecule has 0 radical (unpaired) electrons. The van der Waals surface area contributed by atoms with E-state index in [2.05, 4.69) is 381 Å². The molecule has 0 N–H and O–H groups in total. The Hall–Kier alpha value is -10.9. The number of fused-ring (bicyclic) bond motifs is 10. The molecule has 2 aliphatic heterocycles. The van der Waals surface area contributed by atoms with Crippen LogP contribution in [0.2, 0.25) is 0 Å². The van der Waals surface area contributed by atoms with Gasteiger partial charge in [0.25, 0.3) is 6.71 Å². The van der Waals surface area contributed by atoms with Gasteiger partial charge in [-0.2, -0.15) is 0 Å². The summed E-state index contributed by atoms with van der Waals surface area (Å²) in [7, 11) is 0. The van der Waals surface area contributed by atoms with Gasteiger partial charge in [-0.05, 0) is 168 Å². The van der Waals surface area contributed by atoms with Gasteiger partial charge in [0.05, 0.1) is 33.4 Å². The average molecular weight is 1360 g/mol. The minimum atomic E-state index is -0.208. The molecule has 0 amide bonds. The van der Waals surface area contributed by atoms with Gasteiger partial charge in [-0.1, -0.05) is 321 Å². The summed E-state index contributed by atoms with van der Waals surface area (Å²) in [5, 5.41) is 4.98. The smallest absolute Gasteiger partial charge is 0.252 e. The molecule has 1 fully saturated rings. The molecule has 1 aliphatic carbocycles. The van der Waals surface area contributed by atoms with E-state index in [1.165, 1.54) is 186 Å². The Bertz CT molecular complexity index is 5370. The Morgan fingerprint density at radius 3 is 0.905 bits per heavy atom. The quantitative estimate of drug-likeness (QED) is 0.134. The maximum absolute atomic E-state index is 2.80. The summed E-state index contributed by atoms with van der Waals surface area (Å²) in [6.45, 7) is 28.0. The van der Waals surface area contributed by atoms with Gasteiger partial charge in [0, 0.05) is 77.9 Å². The third-order valence-corrected chi connectivity index (χ3v) is 23.5. The molecule has 18 rings (SSSR count). The van der Waals surface area contributed by atoms with Crippen LogP contribution >= 0.6 is 0 Å². The summed E-state index contributed by atoms with van der Waals surface area (Å²) < 4.78 is 5.07. The predicted molar refractivity (Wildman–Crippen MR) is 452 cm³/mol. The predicted octanol–water partition coefficient (Wildman–Crippen LogP) is 25.9. The Morgan fingerprint density at radius 1 is 0.286 bits per heavy atom. The van der Waals surface area contributed by atoms with Crippen LogP contribution in [0.5, 0.6) is 0 Å². The van der Waals surface area contributed by atoms with E-state index in [0.717, 1.165) is 24.2 Å². The lowest BCUT2D eigenvalue weighted by Crippen LogP contribution is -2.61. The molecule has 0 atom stereocenters. The monoisotopic (exact) mass is 1360 g/mol. The van der Waals surface area contributed by atoms with Gasteiger partial charge in [0.1, 0.15) is 0 Å². The van der Waals surface area contributed by atoms with Crippen LogP contribution in [0.1, 0.15) is 149 Å². The summed E-state index contributed by atoms with van der Waals surface area (Å²) in [5.41, 5.74) is 33.8. The van der Waals surface area contributed by atoms with Crippen LogP contribution in [0.3, 0.4) is 0 Å². The minimum Gasteiger partial charge on any atom is -0.310 e. The van der Waals surface area contributed by atoms with E-state index >= 15 is 0 Å². The van der Waals surface area contributed by atoms with Crippen molar-refractivity contribution in [3.63, 3.8) is 0 Å². The first kappa shape index (κ1) is 66.1. The van der Waals surface area contributed by atoms with Crippen molar-refractivity contribution in [2.45, 2.75) is 143 Å². The molecule has 1 saturated carbocycles. The minimum absolute atomic E-state index is 0.0973. The second kappa shape index (κ2) is 24.9.